The molecule has 0 fully saturated rings. The van der Waals surface area contributed by atoms with Crippen molar-refractivity contribution in [2.45, 2.75) is 49.7 Å². The van der Waals surface area contributed by atoms with Crippen LogP contribution in [0.4, 0.5) is 36.6 Å². The maximum Gasteiger partial charge on any atom is 0.410 e. The van der Waals surface area contributed by atoms with Crippen molar-refractivity contribution >= 4 is 29.0 Å². The number of fused-ring (bicyclic) bond motifs is 1. The largest absolute Gasteiger partial charge is 0.410 e. The number of carbonyl (C=O) groups excluding carboxylic acids is 1. The number of alkyl halides is 7. The van der Waals surface area contributed by atoms with E-state index in [4.69, 9.17) is 11.6 Å². The van der Waals surface area contributed by atoms with E-state index in [0.717, 1.165) is 6.07 Å². The van der Waals surface area contributed by atoms with Crippen LogP contribution in [0.2, 0.25) is 5.02 Å². The quantitative estimate of drug-likeness (QED) is 0.585. The lowest BCUT2D eigenvalue weighted by atomic mass is 9.97. The predicted octanol–water partition coefficient (Wildman–Crippen LogP) is 4.62. The minimum atomic E-state index is -4.80. The molecule has 0 unspecified atom stereocenters. The SMILES string of the molecule is O=C(c1cc2n(n1)[C@H](C(F)(F)F)C[C@H](c1ccc(Cl)cc1)N2)N1N=C(C(F)F)C[C@]1(O)C(F)F. The topological polar surface area (TPSA) is 82.8 Å². The highest BCUT2D eigenvalue weighted by molar-refractivity contribution is 6.30. The minimum absolute atomic E-state index is 0.257. The van der Waals surface area contributed by atoms with Crippen molar-refractivity contribution in [1.82, 2.24) is 14.8 Å². The van der Waals surface area contributed by atoms with E-state index in [2.05, 4.69) is 15.5 Å². The Morgan fingerprint density at radius 3 is 2.41 bits per heavy atom. The van der Waals surface area contributed by atoms with Crippen LogP contribution in [0.3, 0.4) is 0 Å². The molecular formula is C19H15ClF7N5O2. The average Bonchev–Trinajstić information content (AvgIpc) is 3.34. The highest BCUT2D eigenvalue weighted by Crippen LogP contribution is 2.44. The summed E-state index contributed by atoms with van der Waals surface area (Å²) in [6, 6.07) is 3.78. The molecule has 15 heteroatoms. The van der Waals surface area contributed by atoms with Gasteiger partial charge in [-0.25, -0.2) is 22.2 Å². The molecular weight excluding hydrogens is 499 g/mol. The number of anilines is 1. The molecule has 0 bridgehead atoms. The first-order valence-corrected chi connectivity index (χ1v) is 10.1. The first-order valence-electron chi connectivity index (χ1n) is 9.70. The summed E-state index contributed by atoms with van der Waals surface area (Å²) < 4.78 is 94.8. The van der Waals surface area contributed by atoms with Gasteiger partial charge in [0.1, 0.15) is 11.5 Å². The van der Waals surface area contributed by atoms with E-state index in [0.29, 0.717) is 15.3 Å². The summed E-state index contributed by atoms with van der Waals surface area (Å²) in [6.45, 7) is 0. The molecule has 34 heavy (non-hydrogen) atoms. The van der Waals surface area contributed by atoms with Gasteiger partial charge in [-0.1, -0.05) is 23.7 Å². The highest BCUT2D eigenvalue weighted by Gasteiger charge is 2.54. The highest BCUT2D eigenvalue weighted by atomic mass is 35.5. The lowest BCUT2D eigenvalue weighted by Crippen LogP contribution is -2.51. The Morgan fingerprint density at radius 1 is 1.21 bits per heavy atom. The van der Waals surface area contributed by atoms with E-state index in [-0.39, 0.29) is 10.8 Å². The van der Waals surface area contributed by atoms with Gasteiger partial charge >= 0.3 is 6.18 Å². The monoisotopic (exact) mass is 513 g/mol. The molecule has 2 N–H and O–H groups in total. The van der Waals surface area contributed by atoms with Crippen molar-refractivity contribution in [1.29, 1.82) is 0 Å². The number of carbonyl (C=O) groups is 1. The molecule has 4 rings (SSSR count). The van der Waals surface area contributed by atoms with Gasteiger partial charge in [0.15, 0.2) is 11.7 Å². The van der Waals surface area contributed by atoms with Gasteiger partial charge in [0, 0.05) is 23.9 Å². The zero-order chi connectivity index (χ0) is 25.0. The van der Waals surface area contributed by atoms with E-state index >= 15 is 0 Å². The van der Waals surface area contributed by atoms with Gasteiger partial charge in [0.05, 0.1) is 6.04 Å². The lowest BCUT2D eigenvalue weighted by Gasteiger charge is -2.33. The molecule has 0 saturated heterocycles. The standard InChI is InChI=1S/C19H15ClF7N5O2/c20-9-3-1-8(2-4-9)10-5-13(19(25,26)27)31-14(28-10)6-11(29-31)16(33)32-18(34,17(23)24)7-12(30-32)15(21)22/h1-4,6,10,13,15,17,28,34H,5,7H2/t10-,13+,18+/m1/s1. The van der Waals surface area contributed by atoms with Crippen molar-refractivity contribution in [3.63, 3.8) is 0 Å². The van der Waals surface area contributed by atoms with Gasteiger partial charge in [0.25, 0.3) is 18.8 Å². The van der Waals surface area contributed by atoms with E-state index in [1.54, 1.807) is 0 Å². The van der Waals surface area contributed by atoms with Crippen LogP contribution in [0, 0.1) is 0 Å². The lowest BCUT2D eigenvalue weighted by molar-refractivity contribution is -0.174. The number of nitrogens with one attached hydrogen (secondary N) is 1. The summed E-state index contributed by atoms with van der Waals surface area (Å²) in [6.07, 6.45) is -13.7. The number of amides is 1. The third kappa shape index (κ3) is 4.19. The van der Waals surface area contributed by atoms with Gasteiger partial charge < -0.3 is 10.4 Å². The van der Waals surface area contributed by atoms with Crippen LogP contribution in [0.5, 0.6) is 0 Å². The molecule has 0 radical (unpaired) electrons. The Morgan fingerprint density at radius 2 is 1.85 bits per heavy atom. The zero-order valence-corrected chi connectivity index (χ0v) is 17.5. The fourth-order valence-electron chi connectivity index (χ4n) is 3.80. The van der Waals surface area contributed by atoms with E-state index in [9.17, 15) is 40.6 Å². The van der Waals surface area contributed by atoms with Crippen LogP contribution in [-0.4, -0.2) is 56.3 Å². The van der Waals surface area contributed by atoms with E-state index in [1.165, 1.54) is 24.3 Å². The fraction of sp³-hybridized carbons (Fsp3) is 0.421. The maximum absolute atomic E-state index is 13.8. The van der Waals surface area contributed by atoms with Crippen molar-refractivity contribution < 1.29 is 40.6 Å². The second kappa shape index (κ2) is 8.41. The van der Waals surface area contributed by atoms with Crippen molar-refractivity contribution in [3.8, 4) is 0 Å². The Kier molecular flexibility index (Phi) is 6.00. The van der Waals surface area contributed by atoms with E-state index in [1.807, 2.05) is 0 Å². The molecule has 3 heterocycles. The summed E-state index contributed by atoms with van der Waals surface area (Å²) in [5, 5.41) is 19.7. The average molecular weight is 514 g/mol. The van der Waals surface area contributed by atoms with Crippen LogP contribution in [0.25, 0.3) is 0 Å². The first-order chi connectivity index (χ1) is 15.8. The first kappa shape index (κ1) is 24.3. The normalized spacial score (nSPS) is 24.9. The molecule has 7 nitrogen and oxygen atoms in total. The van der Waals surface area contributed by atoms with Crippen molar-refractivity contribution in [2.75, 3.05) is 5.32 Å². The predicted molar refractivity (Wildman–Crippen MR) is 105 cm³/mol. The molecule has 0 saturated carbocycles. The number of aliphatic hydroxyl groups is 1. The third-order valence-electron chi connectivity index (χ3n) is 5.51. The summed E-state index contributed by atoms with van der Waals surface area (Å²) in [5.41, 5.74) is -4.91. The molecule has 184 valence electrons. The van der Waals surface area contributed by atoms with Gasteiger partial charge in [-0.2, -0.15) is 28.4 Å². The zero-order valence-electron chi connectivity index (χ0n) is 16.8. The number of hydrogen-bond donors (Lipinski definition) is 2. The van der Waals surface area contributed by atoms with Gasteiger partial charge in [0.2, 0.25) is 5.72 Å². The molecule has 1 aromatic carbocycles. The Labute approximate surface area is 191 Å². The number of hydrazone groups is 1. The number of benzene rings is 1. The van der Waals surface area contributed by atoms with Gasteiger partial charge in [-0.15, -0.1) is 0 Å². The molecule has 1 amide bonds. The van der Waals surface area contributed by atoms with Crippen LogP contribution < -0.4 is 5.32 Å². The molecule has 1 aromatic heterocycles. The maximum atomic E-state index is 13.8. The van der Waals surface area contributed by atoms with Crippen LogP contribution >= 0.6 is 11.6 Å². The molecule has 3 atom stereocenters. The van der Waals surface area contributed by atoms with Crippen LogP contribution in [0.1, 0.15) is 41.0 Å². The number of halogens is 8. The molecule has 2 aliphatic heterocycles. The number of rotatable bonds is 4. The Hall–Kier alpha value is -2.87. The summed E-state index contributed by atoms with van der Waals surface area (Å²) >= 11 is 5.82. The number of nitrogens with zero attached hydrogens (tertiary/aromatic N) is 4. The Bertz CT molecular complexity index is 1120. The fourth-order valence-corrected chi connectivity index (χ4v) is 3.93. The second-order valence-corrected chi connectivity index (χ2v) is 8.20. The molecule has 2 aromatic rings. The summed E-state index contributed by atoms with van der Waals surface area (Å²) in [5.74, 6) is -1.83. The summed E-state index contributed by atoms with van der Waals surface area (Å²) in [7, 11) is 0. The Balaban J connectivity index is 1.71. The number of hydrogen-bond acceptors (Lipinski definition) is 5. The molecule has 0 aliphatic carbocycles. The summed E-state index contributed by atoms with van der Waals surface area (Å²) in [4.78, 5) is 12.8. The van der Waals surface area contributed by atoms with E-state index < -0.39 is 67.0 Å². The van der Waals surface area contributed by atoms with Crippen LogP contribution in [0.15, 0.2) is 35.4 Å². The molecule has 2 aliphatic rings. The van der Waals surface area contributed by atoms with Crippen molar-refractivity contribution in [3.05, 3.63) is 46.6 Å². The second-order valence-electron chi connectivity index (χ2n) is 7.77. The smallest absolute Gasteiger partial charge is 0.364 e. The van der Waals surface area contributed by atoms with Crippen molar-refractivity contribution in [2.24, 2.45) is 5.10 Å². The molecule has 0 spiro atoms. The third-order valence-corrected chi connectivity index (χ3v) is 5.76. The van der Waals surface area contributed by atoms with Gasteiger partial charge in [-0.3, -0.25) is 4.79 Å². The number of aromatic nitrogens is 2. The van der Waals surface area contributed by atoms with Gasteiger partial charge in [-0.05, 0) is 17.7 Å². The van der Waals surface area contributed by atoms with Crippen LogP contribution in [-0.2, 0) is 0 Å². The minimum Gasteiger partial charge on any atom is -0.364 e.